The third-order valence-electron chi connectivity index (χ3n) is 5.91. The van der Waals surface area contributed by atoms with Crippen molar-refractivity contribution in [1.82, 2.24) is 5.32 Å². The number of aliphatic carboxylic acids is 1. The predicted octanol–water partition coefficient (Wildman–Crippen LogP) is 6.01. The number of thioether (sulfide) groups is 1. The molecule has 0 aliphatic rings. The summed E-state index contributed by atoms with van der Waals surface area (Å²) in [6.45, 7) is 5.77. The number of halogens is 3. The molecule has 0 bridgehead atoms. The molecule has 4 N–H and O–H groups in total. The van der Waals surface area contributed by atoms with Crippen LogP contribution in [0.1, 0.15) is 42.3 Å². The van der Waals surface area contributed by atoms with Crippen LogP contribution in [0.15, 0.2) is 77.7 Å². The Bertz CT molecular complexity index is 1370. The fourth-order valence-electron chi connectivity index (χ4n) is 3.71. The highest BCUT2D eigenvalue weighted by Gasteiger charge is 2.29. The quantitative estimate of drug-likeness (QED) is 0.227. The normalized spacial score (nSPS) is 12.4. The van der Waals surface area contributed by atoms with Crippen molar-refractivity contribution in [2.45, 2.75) is 49.2 Å². The van der Waals surface area contributed by atoms with Crippen LogP contribution < -0.4 is 15.5 Å². The van der Waals surface area contributed by atoms with Gasteiger partial charge in [0.2, 0.25) is 0 Å². The molecule has 3 amide bonds. The highest BCUT2D eigenvalue weighted by atomic mass is 32.2. The molecule has 3 aromatic carbocycles. The van der Waals surface area contributed by atoms with Crippen LogP contribution in [0.4, 0.5) is 29.3 Å². The summed E-state index contributed by atoms with van der Waals surface area (Å²) >= 11 is -0.277. The van der Waals surface area contributed by atoms with E-state index in [0.717, 1.165) is 5.56 Å². The molecule has 0 saturated heterocycles. The number of urea groups is 1. The van der Waals surface area contributed by atoms with E-state index in [2.05, 4.69) is 31.4 Å². The largest absolute Gasteiger partial charge is 0.479 e. The van der Waals surface area contributed by atoms with E-state index in [0.29, 0.717) is 11.3 Å². The number of alkyl halides is 3. The summed E-state index contributed by atoms with van der Waals surface area (Å²) in [5.41, 5.74) is -1.96. The predicted molar refractivity (Wildman–Crippen MR) is 151 cm³/mol. The van der Waals surface area contributed by atoms with E-state index in [1.54, 1.807) is 24.3 Å². The number of rotatable bonds is 9. The average molecular weight is 590 g/mol. The minimum Gasteiger partial charge on any atom is -0.479 e. The Labute approximate surface area is 239 Å². The number of nitrogens with zero attached hydrogens (tertiary/aromatic N) is 1. The molecule has 0 fully saturated rings. The Morgan fingerprint density at radius 3 is 2.15 bits per heavy atom. The van der Waals surface area contributed by atoms with Gasteiger partial charge in [-0.05, 0) is 70.8 Å². The van der Waals surface area contributed by atoms with Gasteiger partial charge in [-0.2, -0.15) is 13.2 Å². The molecule has 0 saturated carbocycles. The molecule has 0 aliphatic carbocycles. The first-order chi connectivity index (χ1) is 19.1. The third kappa shape index (κ3) is 9.54. The van der Waals surface area contributed by atoms with Crippen molar-refractivity contribution >= 4 is 41.0 Å². The maximum atomic E-state index is 13.4. The van der Waals surface area contributed by atoms with Crippen molar-refractivity contribution in [2.75, 3.05) is 16.8 Å². The lowest BCUT2D eigenvalue weighted by molar-refractivity contribution is -0.146. The van der Waals surface area contributed by atoms with Crippen molar-refractivity contribution in [1.29, 1.82) is 0 Å². The van der Waals surface area contributed by atoms with E-state index in [4.69, 9.17) is 5.11 Å². The minimum absolute atomic E-state index is 0.0668. The van der Waals surface area contributed by atoms with Gasteiger partial charge in [0.1, 0.15) is 0 Å². The Morgan fingerprint density at radius 1 is 0.951 bits per heavy atom. The van der Waals surface area contributed by atoms with Crippen LogP contribution in [0.2, 0.25) is 0 Å². The molecule has 41 heavy (non-hydrogen) atoms. The number of carbonyl (C=O) groups excluding carboxylic acids is 2. The summed E-state index contributed by atoms with van der Waals surface area (Å²) in [7, 11) is 0. The van der Waals surface area contributed by atoms with Crippen molar-refractivity contribution in [3.8, 4) is 0 Å². The van der Waals surface area contributed by atoms with Gasteiger partial charge in [0.25, 0.3) is 5.91 Å². The number of nitrogens with one attached hydrogen (secondary N) is 2. The Morgan fingerprint density at radius 2 is 1.59 bits per heavy atom. The molecule has 218 valence electrons. The van der Waals surface area contributed by atoms with Crippen LogP contribution >= 0.6 is 11.8 Å². The fraction of sp³-hybridized carbons (Fsp3) is 0.276. The zero-order valence-corrected chi connectivity index (χ0v) is 23.3. The summed E-state index contributed by atoms with van der Waals surface area (Å²) < 4.78 is 38.5. The maximum Gasteiger partial charge on any atom is 0.446 e. The van der Waals surface area contributed by atoms with Gasteiger partial charge in [0, 0.05) is 21.8 Å². The van der Waals surface area contributed by atoms with E-state index in [9.17, 15) is 32.7 Å². The minimum atomic E-state index is -4.47. The number of anilines is 2. The topological polar surface area (TPSA) is 119 Å². The van der Waals surface area contributed by atoms with Crippen LogP contribution in [0.5, 0.6) is 0 Å². The number of carboxylic acid groups (broad SMARTS) is 1. The van der Waals surface area contributed by atoms with Crippen LogP contribution in [-0.4, -0.2) is 46.3 Å². The molecule has 0 radical (unpaired) electrons. The van der Waals surface area contributed by atoms with Crippen molar-refractivity contribution in [3.05, 3.63) is 89.5 Å². The highest BCUT2D eigenvalue weighted by molar-refractivity contribution is 8.00. The molecule has 0 heterocycles. The van der Waals surface area contributed by atoms with Gasteiger partial charge in [0.15, 0.2) is 6.10 Å². The molecular formula is C29H30F3N3O5S. The van der Waals surface area contributed by atoms with Gasteiger partial charge in [0.05, 0.1) is 13.1 Å². The van der Waals surface area contributed by atoms with Crippen LogP contribution in [0, 0.1) is 0 Å². The summed E-state index contributed by atoms with van der Waals surface area (Å²) in [4.78, 5) is 37.8. The second-order valence-corrected chi connectivity index (χ2v) is 11.3. The lowest BCUT2D eigenvalue weighted by Crippen LogP contribution is -2.36. The van der Waals surface area contributed by atoms with Crippen LogP contribution in [0.25, 0.3) is 0 Å². The summed E-state index contributed by atoms with van der Waals surface area (Å²) in [6, 6.07) is 18.5. The van der Waals surface area contributed by atoms with E-state index < -0.39 is 36.1 Å². The highest BCUT2D eigenvalue weighted by Crippen LogP contribution is 2.37. The number of hydrogen-bond acceptors (Lipinski definition) is 5. The Balaban J connectivity index is 1.83. The van der Waals surface area contributed by atoms with Crippen LogP contribution in [-0.2, 0) is 16.8 Å². The number of carboxylic acids is 1. The van der Waals surface area contributed by atoms with Gasteiger partial charge < -0.3 is 20.8 Å². The zero-order chi connectivity index (χ0) is 30.4. The summed E-state index contributed by atoms with van der Waals surface area (Å²) in [5.74, 6) is -2.04. The Hall–Kier alpha value is -4.03. The van der Waals surface area contributed by atoms with E-state index in [-0.39, 0.29) is 39.9 Å². The summed E-state index contributed by atoms with van der Waals surface area (Å²) in [5, 5.41) is 23.1. The first-order valence-corrected chi connectivity index (χ1v) is 13.3. The number of aliphatic hydroxyl groups is 1. The number of amides is 3. The van der Waals surface area contributed by atoms with Crippen molar-refractivity contribution in [2.24, 2.45) is 0 Å². The van der Waals surface area contributed by atoms with E-state index in [1.807, 2.05) is 12.1 Å². The molecule has 8 nitrogen and oxygen atoms in total. The van der Waals surface area contributed by atoms with E-state index in [1.165, 1.54) is 41.3 Å². The average Bonchev–Trinajstić information content (AvgIpc) is 2.89. The number of aliphatic hydroxyl groups excluding tert-OH is 1. The SMILES string of the molecule is CC(C)(C)c1ccc(N(Cc2ccc(C(=O)NC[C@@H](O)C(=O)O)cc2)C(=O)Nc2cccc(SC(F)(F)F)c2)cc1. The van der Waals surface area contributed by atoms with Gasteiger partial charge >= 0.3 is 17.5 Å². The lowest BCUT2D eigenvalue weighted by atomic mass is 9.87. The molecular weight excluding hydrogens is 559 g/mol. The first-order valence-electron chi connectivity index (χ1n) is 12.5. The van der Waals surface area contributed by atoms with E-state index >= 15 is 0 Å². The van der Waals surface area contributed by atoms with Crippen molar-refractivity contribution in [3.63, 3.8) is 0 Å². The maximum absolute atomic E-state index is 13.4. The zero-order valence-electron chi connectivity index (χ0n) is 22.5. The molecule has 0 aromatic heterocycles. The standard InChI is InChI=1S/C29H30F3N3O5S/c1-28(2,3)20-11-13-22(14-12-20)35(27(40)34-21-5-4-6-23(15-21)41-29(30,31)32)17-18-7-9-19(10-8-18)25(37)33-16-24(36)26(38)39/h4-15,24,36H,16-17H2,1-3H3,(H,33,37)(H,34,40)(H,38,39)/t24-/m1/s1. The second-order valence-electron chi connectivity index (χ2n) is 10.1. The van der Waals surface area contributed by atoms with Gasteiger partial charge in [-0.1, -0.05) is 51.1 Å². The van der Waals surface area contributed by atoms with Gasteiger partial charge in [-0.25, -0.2) is 9.59 Å². The number of carbonyl (C=O) groups is 3. The third-order valence-corrected chi connectivity index (χ3v) is 6.63. The molecule has 3 rings (SSSR count). The monoisotopic (exact) mass is 589 g/mol. The molecule has 0 aliphatic heterocycles. The van der Waals surface area contributed by atoms with Crippen molar-refractivity contribution < 1.29 is 37.8 Å². The van der Waals surface area contributed by atoms with Crippen LogP contribution in [0.3, 0.4) is 0 Å². The lowest BCUT2D eigenvalue weighted by Gasteiger charge is -2.25. The molecule has 3 aromatic rings. The molecule has 1 atom stereocenters. The fourth-order valence-corrected chi connectivity index (χ4v) is 4.31. The number of benzene rings is 3. The number of hydrogen-bond donors (Lipinski definition) is 4. The Kier molecular flexibility index (Phi) is 10.1. The molecule has 0 unspecified atom stereocenters. The second kappa shape index (κ2) is 13.1. The molecule has 12 heteroatoms. The van der Waals surface area contributed by atoms with Gasteiger partial charge in [-0.3, -0.25) is 9.69 Å². The smallest absolute Gasteiger partial charge is 0.446 e. The first kappa shape index (κ1) is 31.5. The van der Waals surface area contributed by atoms with Gasteiger partial charge in [-0.15, -0.1) is 0 Å². The summed E-state index contributed by atoms with van der Waals surface area (Å²) in [6.07, 6.45) is -1.73. The molecule has 0 spiro atoms.